The first-order valence-corrected chi connectivity index (χ1v) is 8.35. The number of anilines is 1. The second-order valence-corrected chi connectivity index (χ2v) is 6.22. The number of nitrogens with zero attached hydrogens (tertiary/aromatic N) is 2. The van der Waals surface area contributed by atoms with Crippen molar-refractivity contribution in [3.05, 3.63) is 63.1 Å². The van der Waals surface area contributed by atoms with Gasteiger partial charge in [-0.15, -0.1) is 0 Å². The number of nitro groups is 1. The summed E-state index contributed by atoms with van der Waals surface area (Å²) in [5.74, 6) is 0.576. The molecule has 1 amide bonds. The largest absolute Gasteiger partial charge is 0.492 e. The van der Waals surface area contributed by atoms with Crippen LogP contribution in [0, 0.1) is 10.1 Å². The van der Waals surface area contributed by atoms with Crippen LogP contribution in [0.15, 0.2) is 53.0 Å². The molecule has 8 heteroatoms. The number of ether oxygens (including phenoxy) is 1. The Morgan fingerprint density at radius 3 is 2.64 bits per heavy atom. The quantitative estimate of drug-likeness (QED) is 0.535. The van der Waals surface area contributed by atoms with E-state index in [0.29, 0.717) is 23.3 Å². The number of hydrogen-bond donors (Lipinski definition) is 1. The zero-order valence-electron chi connectivity index (χ0n) is 13.6. The molecule has 0 saturated carbocycles. The molecule has 0 aromatic heterocycles. The molecule has 0 fully saturated rings. The molecule has 0 atom stereocenters. The fourth-order valence-electron chi connectivity index (χ4n) is 2.07. The summed E-state index contributed by atoms with van der Waals surface area (Å²) >= 11 is 3.23. The summed E-state index contributed by atoms with van der Waals surface area (Å²) in [6.07, 6.45) is 0. The lowest BCUT2D eigenvalue weighted by atomic mass is 10.3. The maximum absolute atomic E-state index is 12.1. The van der Waals surface area contributed by atoms with Crippen molar-refractivity contribution in [1.82, 2.24) is 4.90 Å². The molecule has 0 radical (unpaired) electrons. The number of non-ortho nitro benzene ring substituents is 1. The van der Waals surface area contributed by atoms with Crippen LogP contribution in [-0.4, -0.2) is 42.5 Å². The van der Waals surface area contributed by atoms with Crippen molar-refractivity contribution >= 4 is 33.2 Å². The molecule has 0 aliphatic rings. The molecule has 0 heterocycles. The Labute approximate surface area is 153 Å². The van der Waals surface area contributed by atoms with Crippen molar-refractivity contribution in [2.75, 3.05) is 32.1 Å². The second-order valence-electron chi connectivity index (χ2n) is 5.37. The molecule has 1 N–H and O–H groups in total. The number of hydrogen-bond acceptors (Lipinski definition) is 5. The minimum absolute atomic E-state index is 0.0416. The van der Waals surface area contributed by atoms with Gasteiger partial charge in [0, 0.05) is 23.2 Å². The summed E-state index contributed by atoms with van der Waals surface area (Å²) in [5.41, 5.74) is 0.449. The molecule has 2 rings (SSSR count). The molecule has 0 spiro atoms. The van der Waals surface area contributed by atoms with Gasteiger partial charge in [-0.2, -0.15) is 0 Å². The highest BCUT2D eigenvalue weighted by molar-refractivity contribution is 9.10. The molecule has 7 nitrogen and oxygen atoms in total. The molecular weight excluding hydrogens is 390 g/mol. The van der Waals surface area contributed by atoms with Crippen LogP contribution in [0.1, 0.15) is 0 Å². The predicted octanol–water partition coefficient (Wildman–Crippen LogP) is 3.31. The fraction of sp³-hybridized carbons (Fsp3) is 0.235. The van der Waals surface area contributed by atoms with Crippen molar-refractivity contribution in [2.45, 2.75) is 0 Å². The number of halogens is 1. The number of carbonyl (C=O) groups excluding carboxylic acids is 1. The third-order valence-corrected chi connectivity index (χ3v) is 3.99. The SMILES string of the molecule is CN(CCOc1ccccc1)CC(=O)Nc1ccc([N+](=O)[O-])cc1Br. The van der Waals surface area contributed by atoms with E-state index >= 15 is 0 Å². The Morgan fingerprint density at radius 1 is 1.28 bits per heavy atom. The van der Waals surface area contributed by atoms with Gasteiger partial charge in [0.25, 0.3) is 5.69 Å². The van der Waals surface area contributed by atoms with Gasteiger partial charge in [0.1, 0.15) is 12.4 Å². The van der Waals surface area contributed by atoms with Crippen LogP contribution in [0.5, 0.6) is 5.75 Å². The van der Waals surface area contributed by atoms with E-state index < -0.39 is 4.92 Å². The van der Waals surface area contributed by atoms with E-state index in [0.717, 1.165) is 5.75 Å². The third-order valence-electron chi connectivity index (χ3n) is 3.34. The molecular formula is C17H18BrN3O4. The van der Waals surface area contributed by atoms with Crippen LogP contribution in [0.3, 0.4) is 0 Å². The van der Waals surface area contributed by atoms with Crippen molar-refractivity contribution in [2.24, 2.45) is 0 Å². The molecule has 0 aliphatic carbocycles. The van der Waals surface area contributed by atoms with Gasteiger partial charge in [0.2, 0.25) is 5.91 Å². The van der Waals surface area contributed by atoms with Gasteiger partial charge in [0.05, 0.1) is 17.2 Å². The second kappa shape index (κ2) is 9.14. The lowest BCUT2D eigenvalue weighted by Gasteiger charge is -2.17. The Kier molecular flexibility index (Phi) is 6.91. The smallest absolute Gasteiger partial charge is 0.270 e. The van der Waals surface area contributed by atoms with Gasteiger partial charge in [-0.25, -0.2) is 0 Å². The zero-order chi connectivity index (χ0) is 18.2. The van der Waals surface area contributed by atoms with Gasteiger partial charge in [-0.1, -0.05) is 18.2 Å². The third kappa shape index (κ3) is 6.17. The summed E-state index contributed by atoms with van der Waals surface area (Å²) in [6.45, 7) is 1.24. The molecule has 132 valence electrons. The average molecular weight is 408 g/mol. The predicted molar refractivity (Wildman–Crippen MR) is 98.9 cm³/mol. The van der Waals surface area contributed by atoms with Gasteiger partial charge in [-0.3, -0.25) is 19.8 Å². The summed E-state index contributed by atoms with van der Waals surface area (Å²) in [4.78, 5) is 24.1. The molecule has 0 unspecified atom stereocenters. The van der Waals surface area contributed by atoms with Crippen LogP contribution in [-0.2, 0) is 4.79 Å². The molecule has 2 aromatic carbocycles. The number of para-hydroxylation sites is 1. The summed E-state index contributed by atoms with van der Waals surface area (Å²) in [6, 6.07) is 13.7. The van der Waals surface area contributed by atoms with Crippen LogP contribution >= 0.6 is 15.9 Å². The van der Waals surface area contributed by atoms with Gasteiger partial charge in [-0.05, 0) is 41.2 Å². The van der Waals surface area contributed by atoms with E-state index in [2.05, 4.69) is 21.2 Å². The molecule has 25 heavy (non-hydrogen) atoms. The van der Waals surface area contributed by atoms with Crippen molar-refractivity contribution < 1.29 is 14.5 Å². The summed E-state index contributed by atoms with van der Waals surface area (Å²) in [5, 5.41) is 13.4. The Hall–Kier alpha value is -2.45. The van der Waals surface area contributed by atoms with Crippen molar-refractivity contribution in [3.8, 4) is 5.75 Å². The summed E-state index contributed by atoms with van der Waals surface area (Å²) < 4.78 is 6.05. The van der Waals surface area contributed by atoms with Gasteiger partial charge >= 0.3 is 0 Å². The molecule has 2 aromatic rings. The number of amides is 1. The maximum atomic E-state index is 12.1. The van der Waals surface area contributed by atoms with Crippen LogP contribution in [0.25, 0.3) is 0 Å². The van der Waals surface area contributed by atoms with E-state index in [4.69, 9.17) is 4.74 Å². The Morgan fingerprint density at radius 2 is 2.00 bits per heavy atom. The average Bonchev–Trinajstić information content (AvgIpc) is 2.57. The first-order valence-electron chi connectivity index (χ1n) is 7.56. The highest BCUT2D eigenvalue weighted by Gasteiger charge is 2.12. The standard InChI is InChI=1S/C17H18BrN3O4/c1-20(9-10-25-14-5-3-2-4-6-14)12-17(22)19-16-8-7-13(21(23)24)11-15(16)18/h2-8,11H,9-10,12H2,1H3,(H,19,22). The Bertz CT molecular complexity index is 740. The van der Waals surface area contributed by atoms with Gasteiger partial charge in [0.15, 0.2) is 0 Å². The van der Waals surface area contributed by atoms with E-state index in [9.17, 15) is 14.9 Å². The number of nitrogens with one attached hydrogen (secondary N) is 1. The number of carbonyl (C=O) groups is 1. The maximum Gasteiger partial charge on any atom is 0.270 e. The topological polar surface area (TPSA) is 84.7 Å². The summed E-state index contributed by atoms with van der Waals surface area (Å²) in [7, 11) is 1.82. The fourth-order valence-corrected chi connectivity index (χ4v) is 2.53. The van der Waals surface area contributed by atoms with E-state index in [1.54, 1.807) is 0 Å². The van der Waals surface area contributed by atoms with Crippen molar-refractivity contribution in [3.63, 3.8) is 0 Å². The lowest BCUT2D eigenvalue weighted by Crippen LogP contribution is -2.33. The highest BCUT2D eigenvalue weighted by Crippen LogP contribution is 2.27. The minimum atomic E-state index is -0.489. The Balaban J connectivity index is 1.78. The first kappa shape index (κ1) is 18.9. The number of likely N-dealkylation sites (N-methyl/N-ethyl adjacent to an activating group) is 1. The minimum Gasteiger partial charge on any atom is -0.492 e. The monoisotopic (exact) mass is 407 g/mol. The number of benzene rings is 2. The van der Waals surface area contributed by atoms with E-state index in [1.807, 2.05) is 42.3 Å². The first-order chi connectivity index (χ1) is 12.0. The van der Waals surface area contributed by atoms with Gasteiger partial charge < -0.3 is 10.1 Å². The lowest BCUT2D eigenvalue weighted by molar-refractivity contribution is -0.384. The normalized spacial score (nSPS) is 10.5. The van der Waals surface area contributed by atoms with E-state index in [-0.39, 0.29) is 18.1 Å². The van der Waals surface area contributed by atoms with E-state index in [1.165, 1.54) is 18.2 Å². The highest BCUT2D eigenvalue weighted by atomic mass is 79.9. The molecule has 0 aliphatic heterocycles. The van der Waals surface area contributed by atoms with Crippen LogP contribution in [0.2, 0.25) is 0 Å². The number of nitro benzene ring substituents is 1. The van der Waals surface area contributed by atoms with Crippen LogP contribution < -0.4 is 10.1 Å². The van der Waals surface area contributed by atoms with Crippen molar-refractivity contribution in [1.29, 1.82) is 0 Å². The zero-order valence-corrected chi connectivity index (χ0v) is 15.2. The molecule has 0 bridgehead atoms. The number of rotatable bonds is 8. The van der Waals surface area contributed by atoms with Crippen LogP contribution in [0.4, 0.5) is 11.4 Å². The molecule has 0 saturated heterocycles.